The highest BCUT2D eigenvalue weighted by atomic mass is 32.1. The maximum Gasteiger partial charge on any atom is 0.329 e. The first-order valence-corrected chi connectivity index (χ1v) is 12.3. The number of hydrogen-bond acceptors (Lipinski definition) is 4. The summed E-state index contributed by atoms with van der Waals surface area (Å²) in [5.41, 5.74) is 4.20. The van der Waals surface area contributed by atoms with Gasteiger partial charge in [-0.25, -0.2) is 4.79 Å². The molecule has 0 fully saturated rings. The summed E-state index contributed by atoms with van der Waals surface area (Å²) in [4.78, 5) is 28.1. The van der Waals surface area contributed by atoms with E-state index in [4.69, 9.17) is 4.74 Å². The van der Waals surface area contributed by atoms with Gasteiger partial charge in [0.2, 0.25) is 0 Å². The summed E-state index contributed by atoms with van der Waals surface area (Å²) >= 11 is 1.52. The molecular weight excluding hydrogens is 446 g/mol. The number of imidazole rings is 1. The predicted octanol–water partition coefficient (Wildman–Crippen LogP) is 4.78. The van der Waals surface area contributed by atoms with Crippen molar-refractivity contribution in [3.63, 3.8) is 0 Å². The molecule has 7 heteroatoms. The van der Waals surface area contributed by atoms with E-state index in [1.165, 1.54) is 22.5 Å². The van der Waals surface area contributed by atoms with Crippen LogP contribution >= 0.6 is 11.3 Å². The molecule has 1 aliphatic carbocycles. The molecule has 4 aromatic rings. The van der Waals surface area contributed by atoms with Crippen LogP contribution < -0.4 is 15.7 Å². The van der Waals surface area contributed by atoms with Crippen molar-refractivity contribution in [1.29, 1.82) is 0 Å². The fourth-order valence-corrected chi connectivity index (χ4v) is 5.58. The normalized spacial score (nSPS) is 15.1. The summed E-state index contributed by atoms with van der Waals surface area (Å²) in [6.45, 7) is 0.298. The summed E-state index contributed by atoms with van der Waals surface area (Å²) < 4.78 is 8.42. The van der Waals surface area contributed by atoms with Gasteiger partial charge in [0.25, 0.3) is 5.91 Å². The van der Waals surface area contributed by atoms with Crippen LogP contribution in [0.25, 0.3) is 10.6 Å². The molecule has 34 heavy (non-hydrogen) atoms. The highest BCUT2D eigenvalue weighted by Gasteiger charge is 2.29. The number of benzene rings is 2. The number of nitrogens with one attached hydrogen (secondary N) is 1. The van der Waals surface area contributed by atoms with Crippen molar-refractivity contribution < 1.29 is 9.53 Å². The molecule has 0 unspecified atom stereocenters. The second kappa shape index (κ2) is 9.35. The van der Waals surface area contributed by atoms with Crippen LogP contribution in [0.3, 0.4) is 0 Å². The number of rotatable bonds is 6. The molecule has 0 saturated heterocycles. The van der Waals surface area contributed by atoms with E-state index >= 15 is 0 Å². The van der Waals surface area contributed by atoms with E-state index in [2.05, 4.69) is 17.4 Å². The topological polar surface area (TPSA) is 65.3 Å². The number of fused-ring (bicyclic) bond motifs is 1. The number of aromatic nitrogens is 2. The maximum atomic E-state index is 13.8. The molecule has 2 aromatic carbocycles. The van der Waals surface area contributed by atoms with Gasteiger partial charge in [-0.15, -0.1) is 11.3 Å². The zero-order chi connectivity index (χ0) is 23.7. The Kier molecular flexibility index (Phi) is 6.11. The number of carbonyl (C=O) groups is 1. The average Bonchev–Trinajstić information content (AvgIpc) is 3.47. The summed E-state index contributed by atoms with van der Waals surface area (Å²) in [6.07, 6.45) is 2.93. The van der Waals surface area contributed by atoms with Crippen LogP contribution in [-0.2, 0) is 20.0 Å². The third-order valence-electron chi connectivity index (χ3n) is 6.49. The first-order valence-electron chi connectivity index (χ1n) is 11.4. The lowest BCUT2D eigenvalue weighted by Gasteiger charge is -2.26. The molecule has 5 rings (SSSR count). The Hall–Kier alpha value is -3.58. The highest BCUT2D eigenvalue weighted by molar-refractivity contribution is 7.13. The number of hydrogen-bond donors (Lipinski definition) is 1. The Morgan fingerprint density at radius 1 is 1.12 bits per heavy atom. The van der Waals surface area contributed by atoms with Gasteiger partial charge in [-0.3, -0.25) is 13.9 Å². The minimum atomic E-state index is -0.226. The third kappa shape index (κ3) is 4.07. The molecule has 0 saturated carbocycles. The van der Waals surface area contributed by atoms with Gasteiger partial charge >= 0.3 is 5.69 Å². The van der Waals surface area contributed by atoms with Crippen molar-refractivity contribution in [1.82, 2.24) is 14.5 Å². The molecule has 1 N–H and O–H groups in total. The van der Waals surface area contributed by atoms with Gasteiger partial charge in [0.1, 0.15) is 11.4 Å². The third-order valence-corrected chi connectivity index (χ3v) is 7.37. The van der Waals surface area contributed by atoms with Gasteiger partial charge in [-0.1, -0.05) is 42.5 Å². The maximum absolute atomic E-state index is 13.8. The van der Waals surface area contributed by atoms with Crippen LogP contribution in [0.1, 0.15) is 46.1 Å². The monoisotopic (exact) mass is 473 g/mol. The Morgan fingerprint density at radius 3 is 2.65 bits per heavy atom. The van der Waals surface area contributed by atoms with Crippen molar-refractivity contribution in [3.8, 4) is 16.3 Å². The fourth-order valence-electron chi connectivity index (χ4n) is 4.78. The molecule has 174 valence electrons. The van der Waals surface area contributed by atoms with Crippen molar-refractivity contribution in [2.45, 2.75) is 31.8 Å². The van der Waals surface area contributed by atoms with Crippen molar-refractivity contribution in [2.75, 3.05) is 7.11 Å². The number of ether oxygens (including phenoxy) is 1. The van der Waals surface area contributed by atoms with Crippen LogP contribution in [0.2, 0.25) is 0 Å². The van der Waals surface area contributed by atoms with E-state index in [0.29, 0.717) is 17.9 Å². The molecule has 1 atom stereocenters. The van der Waals surface area contributed by atoms with E-state index in [0.717, 1.165) is 35.5 Å². The number of aryl methyl sites for hydroxylation is 1. The quantitative estimate of drug-likeness (QED) is 0.438. The molecule has 6 nitrogen and oxygen atoms in total. The van der Waals surface area contributed by atoms with Gasteiger partial charge in [0.05, 0.1) is 30.3 Å². The zero-order valence-electron chi connectivity index (χ0n) is 19.3. The Bertz CT molecular complexity index is 1370. The van der Waals surface area contributed by atoms with Gasteiger partial charge < -0.3 is 10.1 Å². The fraction of sp³-hybridized carbons (Fsp3) is 0.259. The molecule has 0 spiro atoms. The van der Waals surface area contributed by atoms with Crippen LogP contribution in [0.4, 0.5) is 0 Å². The Morgan fingerprint density at radius 2 is 1.91 bits per heavy atom. The van der Waals surface area contributed by atoms with Crippen LogP contribution in [0.15, 0.2) is 70.8 Å². The first-order chi connectivity index (χ1) is 16.6. The summed E-state index contributed by atoms with van der Waals surface area (Å²) in [5, 5.41) is 5.21. The molecule has 1 aliphatic rings. The van der Waals surface area contributed by atoms with E-state index in [1.54, 1.807) is 23.3 Å². The van der Waals surface area contributed by atoms with Gasteiger partial charge in [0.15, 0.2) is 0 Å². The zero-order valence-corrected chi connectivity index (χ0v) is 20.1. The number of amides is 1. The number of methoxy groups -OCH3 is 1. The van der Waals surface area contributed by atoms with Gasteiger partial charge in [-0.05, 0) is 59.5 Å². The van der Waals surface area contributed by atoms with E-state index < -0.39 is 0 Å². The lowest BCUT2D eigenvalue weighted by molar-refractivity contribution is 0.0924. The largest absolute Gasteiger partial charge is 0.497 e. The molecule has 2 aromatic heterocycles. The van der Waals surface area contributed by atoms with E-state index in [9.17, 15) is 9.59 Å². The second-order valence-electron chi connectivity index (χ2n) is 8.57. The lowest BCUT2D eigenvalue weighted by Crippen LogP contribution is -2.34. The first kappa shape index (κ1) is 22.2. The smallest absolute Gasteiger partial charge is 0.329 e. The van der Waals surface area contributed by atoms with Gasteiger partial charge in [0, 0.05) is 7.05 Å². The molecule has 0 radical (unpaired) electrons. The molecular formula is C27H27N3O3S. The summed E-state index contributed by atoms with van der Waals surface area (Å²) in [6, 6.07) is 19.7. The van der Waals surface area contributed by atoms with Crippen molar-refractivity contribution >= 4 is 17.2 Å². The number of thiophene rings is 1. The number of nitrogens with zero attached hydrogens (tertiary/aromatic N) is 2. The van der Waals surface area contributed by atoms with Gasteiger partial charge in [-0.2, -0.15) is 0 Å². The molecule has 0 aliphatic heterocycles. The van der Waals surface area contributed by atoms with Crippen LogP contribution in [-0.4, -0.2) is 22.2 Å². The minimum Gasteiger partial charge on any atom is -0.497 e. The Labute approximate surface area is 202 Å². The summed E-state index contributed by atoms with van der Waals surface area (Å²) in [5.74, 6) is 0.522. The van der Waals surface area contributed by atoms with Crippen LogP contribution in [0, 0.1) is 0 Å². The second-order valence-corrected chi connectivity index (χ2v) is 9.52. The standard InChI is InChI=1S/C27H27N3O3S/c1-29-24(23-11-6-16-34-23)25(30(27(29)32)17-18-12-14-20(33-2)15-13-18)26(31)28-22-10-5-8-19-7-3-4-9-21(19)22/h3-4,6-7,9,11-16,22H,5,8,10,17H2,1-2H3,(H,28,31)/t22-/m0/s1. The SMILES string of the molecule is COc1ccc(Cn2c(C(=O)N[C@H]3CCCc4ccccc43)c(-c3cccs3)n(C)c2=O)cc1. The molecule has 0 bridgehead atoms. The predicted molar refractivity (Wildman–Crippen MR) is 135 cm³/mol. The minimum absolute atomic E-state index is 0.0709. The lowest BCUT2D eigenvalue weighted by atomic mass is 9.87. The van der Waals surface area contributed by atoms with Crippen LogP contribution in [0.5, 0.6) is 5.75 Å². The summed E-state index contributed by atoms with van der Waals surface area (Å²) in [7, 11) is 3.35. The average molecular weight is 474 g/mol. The van der Waals surface area contributed by atoms with E-state index in [1.807, 2.05) is 53.9 Å². The molecule has 2 heterocycles. The van der Waals surface area contributed by atoms with Crippen molar-refractivity contribution in [2.24, 2.45) is 7.05 Å². The van der Waals surface area contributed by atoms with E-state index in [-0.39, 0.29) is 17.6 Å². The number of carbonyl (C=O) groups excluding carboxylic acids is 1. The molecule has 1 amide bonds. The highest BCUT2D eigenvalue weighted by Crippen LogP contribution is 2.32. The van der Waals surface area contributed by atoms with Crippen molar-refractivity contribution in [3.05, 3.63) is 98.9 Å². The Balaban J connectivity index is 1.56.